The minimum atomic E-state index is -0.439. The van der Waals surface area contributed by atoms with Gasteiger partial charge in [-0.15, -0.1) is 0 Å². The molecule has 0 bridgehead atoms. The smallest absolute Gasteiger partial charge is 0.315 e. The summed E-state index contributed by atoms with van der Waals surface area (Å²) >= 11 is 0. The number of rotatable bonds is 6. The molecule has 0 aromatic carbocycles. The molecule has 3 N–H and O–H groups in total. The molecule has 6 heteroatoms. The van der Waals surface area contributed by atoms with E-state index in [0.29, 0.717) is 18.2 Å². The fourth-order valence-corrected chi connectivity index (χ4v) is 2.98. The lowest BCUT2D eigenvalue weighted by Gasteiger charge is -2.28. The Hall–Kier alpha value is -1.56. The van der Waals surface area contributed by atoms with E-state index in [9.17, 15) is 9.90 Å². The van der Waals surface area contributed by atoms with E-state index in [1.165, 1.54) is 0 Å². The predicted octanol–water partition coefficient (Wildman–Crippen LogP) is 2.68. The van der Waals surface area contributed by atoms with Crippen LogP contribution >= 0.6 is 0 Å². The molecule has 124 valence electrons. The fraction of sp³-hybridized carbons (Fsp3) is 0.750. The molecular formula is C16H27N3O3. The quantitative estimate of drug-likeness (QED) is 0.754. The first-order valence-corrected chi connectivity index (χ1v) is 8.31. The third-order valence-corrected chi connectivity index (χ3v) is 4.45. The zero-order valence-electron chi connectivity index (χ0n) is 13.5. The number of aliphatic hydroxyl groups excluding tert-OH is 1. The second-order valence-corrected chi connectivity index (χ2v) is 6.02. The van der Waals surface area contributed by atoms with Crippen molar-refractivity contribution in [1.82, 2.24) is 15.8 Å². The zero-order chi connectivity index (χ0) is 15.9. The van der Waals surface area contributed by atoms with Gasteiger partial charge in [0.05, 0.1) is 24.4 Å². The number of aromatic nitrogens is 1. The molecule has 1 saturated carbocycles. The highest BCUT2D eigenvalue weighted by atomic mass is 16.5. The summed E-state index contributed by atoms with van der Waals surface area (Å²) < 4.78 is 5.27. The van der Waals surface area contributed by atoms with Gasteiger partial charge < -0.3 is 20.3 Å². The number of carbonyl (C=O) groups is 1. The molecule has 0 unspecified atom stereocenters. The van der Waals surface area contributed by atoms with Crippen LogP contribution in [-0.2, 0) is 6.54 Å². The van der Waals surface area contributed by atoms with Crippen LogP contribution in [0.4, 0.5) is 4.79 Å². The summed E-state index contributed by atoms with van der Waals surface area (Å²) in [6.45, 7) is 4.56. The van der Waals surface area contributed by atoms with Gasteiger partial charge in [-0.05, 0) is 25.7 Å². The second-order valence-electron chi connectivity index (χ2n) is 6.02. The molecule has 6 nitrogen and oxygen atoms in total. The van der Waals surface area contributed by atoms with Crippen molar-refractivity contribution in [3.05, 3.63) is 17.5 Å². The van der Waals surface area contributed by atoms with E-state index in [1.54, 1.807) is 0 Å². The standard InChI is InChI=1S/C16H27N3O3/c1-3-11(4-2)14-9-12(22-19-14)10-17-16(21)18-13-7-5-6-8-15(13)20/h9,11,13,15,20H,3-8,10H2,1-2H3,(H2,17,18,21)/t13-,15-/m1/s1. The zero-order valence-corrected chi connectivity index (χ0v) is 13.5. The molecule has 0 spiro atoms. The number of aliphatic hydroxyl groups is 1. The maximum absolute atomic E-state index is 11.9. The van der Waals surface area contributed by atoms with Gasteiger partial charge in [0, 0.05) is 12.0 Å². The van der Waals surface area contributed by atoms with Crippen LogP contribution in [0.3, 0.4) is 0 Å². The number of amides is 2. The van der Waals surface area contributed by atoms with Crippen molar-refractivity contribution in [3.8, 4) is 0 Å². The van der Waals surface area contributed by atoms with Crippen LogP contribution in [0.2, 0.25) is 0 Å². The Morgan fingerprint density at radius 3 is 2.82 bits per heavy atom. The van der Waals surface area contributed by atoms with Crippen LogP contribution in [0.15, 0.2) is 10.6 Å². The summed E-state index contributed by atoms with van der Waals surface area (Å²) in [6, 6.07) is 1.49. The topological polar surface area (TPSA) is 87.4 Å². The van der Waals surface area contributed by atoms with Crippen LogP contribution in [-0.4, -0.2) is 28.4 Å². The molecule has 2 atom stereocenters. The maximum atomic E-state index is 11.9. The van der Waals surface area contributed by atoms with Crippen LogP contribution in [0.5, 0.6) is 0 Å². The molecule has 1 aromatic heterocycles. The van der Waals surface area contributed by atoms with E-state index in [1.807, 2.05) is 6.07 Å². The summed E-state index contributed by atoms with van der Waals surface area (Å²) in [7, 11) is 0. The van der Waals surface area contributed by atoms with Crippen LogP contribution < -0.4 is 10.6 Å². The molecule has 2 rings (SSSR count). The molecule has 1 heterocycles. The van der Waals surface area contributed by atoms with Crippen LogP contribution in [0, 0.1) is 0 Å². The van der Waals surface area contributed by atoms with Gasteiger partial charge in [-0.2, -0.15) is 0 Å². The number of hydrogen-bond donors (Lipinski definition) is 3. The number of nitrogens with one attached hydrogen (secondary N) is 2. The Morgan fingerprint density at radius 1 is 1.41 bits per heavy atom. The van der Waals surface area contributed by atoms with Crippen molar-refractivity contribution in [2.75, 3.05) is 0 Å². The third-order valence-electron chi connectivity index (χ3n) is 4.45. The van der Waals surface area contributed by atoms with Gasteiger partial charge in [0.15, 0.2) is 5.76 Å². The number of carbonyl (C=O) groups excluding carboxylic acids is 1. The average molecular weight is 309 g/mol. The first-order chi connectivity index (χ1) is 10.6. The van der Waals surface area contributed by atoms with Gasteiger partial charge in [0.1, 0.15) is 0 Å². The van der Waals surface area contributed by atoms with Gasteiger partial charge in [0.25, 0.3) is 0 Å². The van der Waals surface area contributed by atoms with Gasteiger partial charge >= 0.3 is 6.03 Å². The average Bonchev–Trinajstić information content (AvgIpc) is 2.98. The number of urea groups is 1. The van der Waals surface area contributed by atoms with E-state index >= 15 is 0 Å². The largest absolute Gasteiger partial charge is 0.391 e. The normalized spacial score (nSPS) is 21.8. The van der Waals surface area contributed by atoms with E-state index in [4.69, 9.17) is 4.52 Å². The Bertz CT molecular complexity index is 471. The monoisotopic (exact) mass is 309 g/mol. The first-order valence-electron chi connectivity index (χ1n) is 8.31. The van der Waals surface area contributed by atoms with Gasteiger partial charge in [-0.3, -0.25) is 0 Å². The van der Waals surface area contributed by atoms with Gasteiger partial charge in [-0.1, -0.05) is 31.8 Å². The Morgan fingerprint density at radius 2 is 2.14 bits per heavy atom. The lowest BCUT2D eigenvalue weighted by Crippen LogP contribution is -2.48. The Balaban J connectivity index is 1.78. The van der Waals surface area contributed by atoms with Crippen molar-refractivity contribution in [3.63, 3.8) is 0 Å². The van der Waals surface area contributed by atoms with Gasteiger partial charge in [-0.25, -0.2) is 4.79 Å². The minimum Gasteiger partial charge on any atom is -0.391 e. The summed E-state index contributed by atoms with van der Waals surface area (Å²) in [5.74, 6) is 1.06. The van der Waals surface area contributed by atoms with E-state index in [0.717, 1.165) is 44.2 Å². The molecule has 0 aliphatic heterocycles. The molecule has 0 saturated heterocycles. The predicted molar refractivity (Wildman–Crippen MR) is 83.5 cm³/mol. The van der Waals surface area contributed by atoms with Crippen LogP contribution in [0.25, 0.3) is 0 Å². The SMILES string of the molecule is CCC(CC)c1cc(CNC(=O)N[C@@H]2CCCC[C@H]2O)on1. The summed E-state index contributed by atoms with van der Waals surface area (Å²) in [4.78, 5) is 11.9. The Kier molecular flexibility index (Phi) is 6.24. The highest BCUT2D eigenvalue weighted by molar-refractivity contribution is 5.74. The Labute approximate surface area is 131 Å². The number of nitrogens with zero attached hydrogens (tertiary/aromatic N) is 1. The maximum Gasteiger partial charge on any atom is 0.315 e. The summed E-state index contributed by atoms with van der Waals surface area (Å²) in [5.41, 5.74) is 0.949. The lowest BCUT2D eigenvalue weighted by molar-refractivity contribution is 0.0942. The van der Waals surface area contributed by atoms with Crippen molar-refractivity contribution in [2.45, 2.75) is 77.0 Å². The molecule has 1 aliphatic carbocycles. The third kappa shape index (κ3) is 4.47. The molecule has 1 fully saturated rings. The minimum absolute atomic E-state index is 0.149. The van der Waals surface area contributed by atoms with E-state index in [-0.39, 0.29) is 12.1 Å². The fourth-order valence-electron chi connectivity index (χ4n) is 2.98. The highest BCUT2D eigenvalue weighted by Crippen LogP contribution is 2.22. The van der Waals surface area contributed by atoms with Crippen molar-refractivity contribution in [1.29, 1.82) is 0 Å². The number of hydrogen-bond acceptors (Lipinski definition) is 4. The van der Waals surface area contributed by atoms with Crippen molar-refractivity contribution < 1.29 is 14.4 Å². The molecule has 2 amide bonds. The summed E-state index contributed by atoms with van der Waals surface area (Å²) in [5, 5.41) is 19.5. The first kappa shape index (κ1) is 16.8. The van der Waals surface area contributed by atoms with E-state index < -0.39 is 6.10 Å². The van der Waals surface area contributed by atoms with Gasteiger partial charge in [0.2, 0.25) is 0 Å². The lowest BCUT2D eigenvalue weighted by atomic mass is 9.93. The molecular weight excluding hydrogens is 282 g/mol. The van der Waals surface area contributed by atoms with E-state index in [2.05, 4.69) is 29.6 Å². The van der Waals surface area contributed by atoms with Crippen LogP contribution in [0.1, 0.15) is 69.7 Å². The van der Waals surface area contributed by atoms with Crippen molar-refractivity contribution >= 4 is 6.03 Å². The highest BCUT2D eigenvalue weighted by Gasteiger charge is 2.24. The second kappa shape index (κ2) is 8.17. The molecule has 1 aromatic rings. The molecule has 22 heavy (non-hydrogen) atoms. The molecule has 0 radical (unpaired) electrons. The van der Waals surface area contributed by atoms with Crippen molar-refractivity contribution in [2.24, 2.45) is 0 Å². The summed E-state index contributed by atoms with van der Waals surface area (Å²) in [6.07, 6.45) is 5.26. The molecule has 1 aliphatic rings.